The van der Waals surface area contributed by atoms with Crippen LogP contribution < -0.4 is 9.47 Å². The molecule has 0 aliphatic carbocycles. The first-order chi connectivity index (χ1) is 14.5. The van der Waals surface area contributed by atoms with E-state index < -0.39 is 11.9 Å². The van der Waals surface area contributed by atoms with Crippen molar-refractivity contribution in [3.8, 4) is 11.5 Å². The van der Waals surface area contributed by atoms with Gasteiger partial charge in [-0.2, -0.15) is 0 Å². The second kappa shape index (κ2) is 10.0. The lowest BCUT2D eigenvalue weighted by atomic mass is 10.0. The third-order valence-corrected chi connectivity index (χ3v) is 8.80. The number of hydrogen-bond donors (Lipinski definition) is 0. The van der Waals surface area contributed by atoms with Gasteiger partial charge in [0, 0.05) is 16.9 Å². The summed E-state index contributed by atoms with van der Waals surface area (Å²) in [6.07, 6.45) is 6.95. The molecule has 160 valence electrons. The Hall–Kier alpha value is -1.77. The first kappa shape index (κ1) is 22.9. The number of carbonyl (C=O) groups is 2. The molecule has 0 bridgehead atoms. The highest BCUT2D eigenvalue weighted by Gasteiger charge is 2.38. The molecule has 0 spiro atoms. The molecule has 0 unspecified atom stereocenters. The highest BCUT2D eigenvalue weighted by Crippen LogP contribution is 2.53. The molecule has 0 saturated carbocycles. The Morgan fingerprint density at radius 3 is 2.37 bits per heavy atom. The van der Waals surface area contributed by atoms with Crippen molar-refractivity contribution >= 4 is 47.2 Å². The van der Waals surface area contributed by atoms with Crippen molar-refractivity contribution in [2.75, 3.05) is 32.0 Å². The van der Waals surface area contributed by atoms with Gasteiger partial charge in [0.2, 0.25) is 0 Å². The predicted molar refractivity (Wildman–Crippen MR) is 124 cm³/mol. The van der Waals surface area contributed by atoms with E-state index in [0.29, 0.717) is 30.1 Å². The number of ether oxygens (including phenoxy) is 3. The zero-order chi connectivity index (χ0) is 21.7. The lowest BCUT2D eigenvalue weighted by Gasteiger charge is -2.36. The van der Waals surface area contributed by atoms with Crippen LogP contribution in [0.25, 0.3) is 0 Å². The molecule has 0 atom stereocenters. The van der Waals surface area contributed by atoms with Gasteiger partial charge < -0.3 is 14.2 Å². The van der Waals surface area contributed by atoms with Crippen LogP contribution in [0.2, 0.25) is 0 Å². The van der Waals surface area contributed by atoms with Gasteiger partial charge in [0.1, 0.15) is 11.5 Å². The summed E-state index contributed by atoms with van der Waals surface area (Å²) in [5.41, 5.74) is 1.93. The third kappa shape index (κ3) is 4.60. The average molecular weight is 465 g/mol. The zero-order valence-corrected chi connectivity index (χ0v) is 19.8. The topological polar surface area (TPSA) is 61.8 Å². The van der Waals surface area contributed by atoms with Crippen LogP contribution in [-0.2, 0) is 8.82 Å². The summed E-state index contributed by atoms with van der Waals surface area (Å²) in [6.45, 7) is 2.71. The van der Waals surface area contributed by atoms with E-state index in [1.807, 2.05) is 18.4 Å². The SMILES string of the molecule is CCOC(=O)c1ccc(OC(=O)c2cc3c(cc2SC)OCCC3(SC)SC)cc1. The minimum absolute atomic E-state index is 0.152. The van der Waals surface area contributed by atoms with Crippen LogP contribution in [0.15, 0.2) is 41.3 Å². The van der Waals surface area contributed by atoms with Gasteiger partial charge in [-0.25, -0.2) is 9.59 Å². The number of hydrogen-bond acceptors (Lipinski definition) is 8. The molecular formula is C22H24O5S3. The summed E-state index contributed by atoms with van der Waals surface area (Å²) >= 11 is 5.00. The van der Waals surface area contributed by atoms with Crippen LogP contribution in [0.4, 0.5) is 0 Å². The summed E-state index contributed by atoms with van der Waals surface area (Å²) in [6, 6.07) is 10.2. The number of rotatable bonds is 7. The fourth-order valence-electron chi connectivity index (χ4n) is 3.28. The minimum atomic E-state index is -0.437. The van der Waals surface area contributed by atoms with Crippen molar-refractivity contribution in [1.82, 2.24) is 0 Å². The summed E-state index contributed by atoms with van der Waals surface area (Å²) in [5, 5.41) is 0. The molecule has 0 aromatic heterocycles. The van der Waals surface area contributed by atoms with Crippen LogP contribution in [0.3, 0.4) is 0 Å². The zero-order valence-electron chi connectivity index (χ0n) is 17.4. The Bertz CT molecular complexity index is 923. The quantitative estimate of drug-likeness (QED) is 0.231. The molecule has 1 heterocycles. The second-order valence-electron chi connectivity index (χ2n) is 6.44. The molecule has 1 aliphatic heterocycles. The van der Waals surface area contributed by atoms with Gasteiger partial charge in [-0.3, -0.25) is 0 Å². The lowest BCUT2D eigenvalue weighted by molar-refractivity contribution is 0.0526. The Balaban J connectivity index is 1.89. The normalized spacial score (nSPS) is 14.4. The number of benzene rings is 2. The third-order valence-electron chi connectivity index (χ3n) is 4.86. The van der Waals surface area contributed by atoms with Gasteiger partial charge in [-0.05, 0) is 62.1 Å². The van der Waals surface area contributed by atoms with E-state index in [4.69, 9.17) is 14.2 Å². The second-order valence-corrected chi connectivity index (χ2v) is 9.76. The fourth-order valence-corrected chi connectivity index (χ4v) is 5.87. The highest BCUT2D eigenvalue weighted by atomic mass is 32.2. The summed E-state index contributed by atoms with van der Waals surface area (Å²) in [5.74, 6) is 0.354. The molecule has 0 N–H and O–H groups in total. The maximum absolute atomic E-state index is 13.0. The van der Waals surface area contributed by atoms with Crippen LogP contribution in [0.5, 0.6) is 11.5 Å². The summed E-state index contributed by atoms with van der Waals surface area (Å²) < 4.78 is 16.3. The van der Waals surface area contributed by atoms with E-state index in [1.54, 1.807) is 54.7 Å². The summed E-state index contributed by atoms with van der Waals surface area (Å²) in [4.78, 5) is 25.6. The molecular weight excluding hydrogens is 440 g/mol. The van der Waals surface area contributed by atoms with Crippen LogP contribution >= 0.6 is 35.3 Å². The number of fused-ring (bicyclic) bond motifs is 1. The monoisotopic (exact) mass is 464 g/mol. The van der Waals surface area contributed by atoms with E-state index in [1.165, 1.54) is 11.8 Å². The molecule has 0 saturated heterocycles. The van der Waals surface area contributed by atoms with Crippen molar-refractivity contribution in [2.45, 2.75) is 22.3 Å². The number of thioether (sulfide) groups is 3. The Kier molecular flexibility index (Phi) is 7.65. The van der Waals surface area contributed by atoms with E-state index in [9.17, 15) is 9.59 Å². The van der Waals surface area contributed by atoms with Gasteiger partial charge in [-0.15, -0.1) is 35.3 Å². The van der Waals surface area contributed by atoms with Gasteiger partial charge in [0.25, 0.3) is 0 Å². The molecule has 2 aromatic carbocycles. The number of carbonyl (C=O) groups excluding carboxylic acids is 2. The Labute approximate surface area is 189 Å². The van der Waals surface area contributed by atoms with Gasteiger partial charge in [0.05, 0.1) is 28.4 Å². The lowest BCUT2D eigenvalue weighted by Crippen LogP contribution is -2.27. The maximum atomic E-state index is 13.0. The van der Waals surface area contributed by atoms with Crippen molar-refractivity contribution in [2.24, 2.45) is 0 Å². The number of esters is 2. The smallest absolute Gasteiger partial charge is 0.344 e. The minimum Gasteiger partial charge on any atom is -0.493 e. The first-order valence-corrected chi connectivity index (χ1v) is 13.1. The molecule has 8 heteroatoms. The van der Waals surface area contributed by atoms with E-state index >= 15 is 0 Å². The van der Waals surface area contributed by atoms with Crippen molar-refractivity contribution < 1.29 is 23.8 Å². The van der Waals surface area contributed by atoms with E-state index in [0.717, 1.165) is 22.6 Å². The first-order valence-electron chi connectivity index (χ1n) is 9.43. The molecule has 3 rings (SSSR count). The molecule has 0 fully saturated rings. The molecule has 0 radical (unpaired) electrons. The van der Waals surface area contributed by atoms with Gasteiger partial charge >= 0.3 is 11.9 Å². The van der Waals surface area contributed by atoms with Gasteiger partial charge in [-0.1, -0.05) is 0 Å². The van der Waals surface area contributed by atoms with E-state index in [-0.39, 0.29) is 4.08 Å². The molecule has 1 aliphatic rings. The highest BCUT2D eigenvalue weighted by molar-refractivity contribution is 8.16. The molecule has 2 aromatic rings. The van der Waals surface area contributed by atoms with Crippen LogP contribution in [0.1, 0.15) is 39.6 Å². The van der Waals surface area contributed by atoms with Crippen molar-refractivity contribution in [1.29, 1.82) is 0 Å². The van der Waals surface area contributed by atoms with Crippen molar-refractivity contribution in [3.05, 3.63) is 53.1 Å². The Morgan fingerprint density at radius 1 is 1.07 bits per heavy atom. The van der Waals surface area contributed by atoms with Crippen LogP contribution in [-0.4, -0.2) is 43.9 Å². The van der Waals surface area contributed by atoms with E-state index in [2.05, 4.69) is 12.5 Å². The van der Waals surface area contributed by atoms with Crippen molar-refractivity contribution in [3.63, 3.8) is 0 Å². The standard InChI is InChI=1S/C22H24O5S3/c1-5-25-20(23)14-6-8-15(9-7-14)27-21(24)16-12-17-18(13-19(16)28-2)26-11-10-22(17,29-3)30-4/h6-9,12-13H,5,10-11H2,1-4H3. The van der Waals surface area contributed by atoms with Gasteiger partial charge in [0.15, 0.2) is 0 Å². The average Bonchev–Trinajstić information content (AvgIpc) is 2.78. The Morgan fingerprint density at radius 2 is 1.77 bits per heavy atom. The van der Waals surface area contributed by atoms with Crippen LogP contribution in [0, 0.1) is 0 Å². The largest absolute Gasteiger partial charge is 0.493 e. The maximum Gasteiger partial charge on any atom is 0.344 e. The predicted octanol–water partition coefficient (Wildman–Crippen LogP) is 5.47. The molecule has 5 nitrogen and oxygen atoms in total. The summed E-state index contributed by atoms with van der Waals surface area (Å²) in [7, 11) is 0. The molecule has 30 heavy (non-hydrogen) atoms. The molecule has 0 amide bonds. The fraction of sp³-hybridized carbons (Fsp3) is 0.364.